The molecule has 2 heterocycles. The first-order valence-electron chi connectivity index (χ1n) is 9.97. The van der Waals surface area contributed by atoms with E-state index in [1.54, 1.807) is 0 Å². The van der Waals surface area contributed by atoms with Crippen molar-refractivity contribution in [2.45, 2.75) is 27.8 Å². The van der Waals surface area contributed by atoms with E-state index in [2.05, 4.69) is 15.5 Å². The van der Waals surface area contributed by atoms with Crippen LogP contribution < -0.4 is 10.1 Å². The van der Waals surface area contributed by atoms with Crippen molar-refractivity contribution in [1.82, 2.24) is 14.5 Å². The van der Waals surface area contributed by atoms with Gasteiger partial charge in [0, 0.05) is 18.8 Å². The van der Waals surface area contributed by atoms with E-state index in [0.717, 1.165) is 22.9 Å². The van der Waals surface area contributed by atoms with Crippen LogP contribution in [0.5, 0.6) is 5.75 Å². The van der Waals surface area contributed by atoms with Crippen molar-refractivity contribution >= 4 is 44.2 Å². The Morgan fingerprint density at radius 2 is 1.91 bits per heavy atom. The number of nitrogens with one attached hydrogen (secondary N) is 1. The molecule has 0 spiro atoms. The molecule has 1 aliphatic rings. The lowest BCUT2D eigenvalue weighted by molar-refractivity contribution is 0.102. The van der Waals surface area contributed by atoms with Gasteiger partial charge in [0.15, 0.2) is 4.34 Å². The molecule has 168 valence electrons. The quantitative estimate of drug-likeness (QED) is 0.378. The monoisotopic (exact) mass is 490 g/mol. The van der Waals surface area contributed by atoms with Crippen LogP contribution in [0.4, 0.5) is 5.13 Å². The molecule has 1 aliphatic heterocycles. The van der Waals surface area contributed by atoms with E-state index in [9.17, 15) is 13.2 Å². The Balaban J connectivity index is 1.48. The highest BCUT2D eigenvalue weighted by atomic mass is 32.2. The molecule has 1 aromatic heterocycles. The average molecular weight is 491 g/mol. The zero-order valence-electron chi connectivity index (χ0n) is 17.4. The second-order valence-electron chi connectivity index (χ2n) is 7.07. The van der Waals surface area contributed by atoms with Gasteiger partial charge in [0.2, 0.25) is 15.2 Å². The highest BCUT2D eigenvalue weighted by molar-refractivity contribution is 8.00. The number of nitrogens with zero attached hydrogens (tertiary/aromatic N) is 3. The molecule has 11 heteroatoms. The minimum atomic E-state index is -3.65. The Kier molecular flexibility index (Phi) is 7.09. The molecule has 1 saturated heterocycles. The van der Waals surface area contributed by atoms with Crippen LogP contribution in [0.15, 0.2) is 57.8 Å². The predicted molar refractivity (Wildman–Crippen MR) is 125 cm³/mol. The lowest BCUT2D eigenvalue weighted by Crippen LogP contribution is -2.28. The fraction of sp³-hybridized carbons (Fsp3) is 0.286. The summed E-state index contributed by atoms with van der Waals surface area (Å²) in [5, 5.41) is 11.2. The van der Waals surface area contributed by atoms with Gasteiger partial charge in [-0.1, -0.05) is 53.4 Å². The van der Waals surface area contributed by atoms with Gasteiger partial charge >= 0.3 is 0 Å². The van der Waals surface area contributed by atoms with Gasteiger partial charge in [-0.15, -0.1) is 10.2 Å². The largest absolute Gasteiger partial charge is 0.496 e. The molecule has 32 heavy (non-hydrogen) atoms. The number of hydrogen-bond acceptors (Lipinski definition) is 8. The Hall–Kier alpha value is -2.47. The lowest BCUT2D eigenvalue weighted by atomic mass is 10.2. The first-order valence-corrected chi connectivity index (χ1v) is 13.2. The van der Waals surface area contributed by atoms with E-state index in [0.29, 0.717) is 18.2 Å². The molecule has 0 atom stereocenters. The lowest BCUT2D eigenvalue weighted by Gasteiger charge is -2.17. The predicted octanol–water partition coefficient (Wildman–Crippen LogP) is 3.88. The number of methoxy groups -OCH3 is 1. The van der Waals surface area contributed by atoms with Gasteiger partial charge in [-0.05, 0) is 36.6 Å². The number of anilines is 1. The van der Waals surface area contributed by atoms with Crippen LogP contribution in [0.2, 0.25) is 0 Å². The van der Waals surface area contributed by atoms with Gasteiger partial charge in [-0.2, -0.15) is 4.31 Å². The average Bonchev–Trinajstić information content (AvgIpc) is 3.51. The summed E-state index contributed by atoms with van der Waals surface area (Å²) >= 11 is 2.79. The van der Waals surface area contributed by atoms with Crippen LogP contribution in [0, 0.1) is 0 Å². The molecule has 0 aliphatic carbocycles. The third-order valence-electron chi connectivity index (χ3n) is 4.95. The molecule has 1 fully saturated rings. The third kappa shape index (κ3) is 5.12. The summed E-state index contributed by atoms with van der Waals surface area (Å²) in [7, 11) is -2.22. The summed E-state index contributed by atoms with van der Waals surface area (Å²) in [6, 6.07) is 14.3. The molecule has 1 N–H and O–H groups in total. The Labute approximate surface area is 195 Å². The number of benzene rings is 2. The second kappa shape index (κ2) is 9.99. The zero-order chi connectivity index (χ0) is 22.6. The summed E-state index contributed by atoms with van der Waals surface area (Å²) in [5.74, 6) is 0.523. The first-order chi connectivity index (χ1) is 15.5. The van der Waals surface area contributed by atoms with Crippen molar-refractivity contribution in [3.63, 3.8) is 0 Å². The maximum atomic E-state index is 12.9. The maximum absolute atomic E-state index is 12.9. The number of hydrogen-bond donors (Lipinski definition) is 1. The van der Waals surface area contributed by atoms with Crippen molar-refractivity contribution in [2.75, 3.05) is 25.5 Å². The SMILES string of the molecule is COc1ccc(S(=O)(=O)N2CCCC2)cc1C(=O)Nc1nnc(SCc2ccccc2)s1. The van der Waals surface area contributed by atoms with Crippen molar-refractivity contribution in [3.8, 4) is 5.75 Å². The molecule has 1 amide bonds. The van der Waals surface area contributed by atoms with E-state index in [1.165, 1.54) is 58.3 Å². The molecule has 4 rings (SSSR count). The standard InChI is InChI=1S/C21H22N4O4S3/c1-29-18-10-9-16(32(27,28)25-11-5-6-12-25)13-17(18)19(26)22-20-23-24-21(31-20)30-14-15-7-3-2-4-8-15/h2-4,7-10,13H,5-6,11-12,14H2,1H3,(H,22,23,26). The zero-order valence-corrected chi connectivity index (χ0v) is 19.8. The summed E-state index contributed by atoms with van der Waals surface area (Å²) in [5.41, 5.74) is 1.29. The van der Waals surface area contributed by atoms with Gasteiger partial charge in [0.25, 0.3) is 5.91 Å². The third-order valence-corrected chi connectivity index (χ3v) is 8.89. The van der Waals surface area contributed by atoms with Gasteiger partial charge in [-0.3, -0.25) is 10.1 Å². The second-order valence-corrected chi connectivity index (χ2v) is 11.2. The van der Waals surface area contributed by atoms with Crippen LogP contribution in [0.1, 0.15) is 28.8 Å². The number of rotatable bonds is 8. The Bertz CT molecular complexity index is 1190. The highest BCUT2D eigenvalue weighted by Gasteiger charge is 2.28. The number of thioether (sulfide) groups is 1. The molecular weight excluding hydrogens is 468 g/mol. The summed E-state index contributed by atoms with van der Waals surface area (Å²) < 4.78 is 33.2. The van der Waals surface area contributed by atoms with Crippen molar-refractivity contribution < 1.29 is 17.9 Å². The topological polar surface area (TPSA) is 101 Å². The minimum Gasteiger partial charge on any atom is -0.496 e. The number of carbonyl (C=O) groups is 1. The number of amides is 1. The van der Waals surface area contributed by atoms with E-state index in [1.807, 2.05) is 30.3 Å². The molecule has 0 bridgehead atoms. The van der Waals surface area contributed by atoms with E-state index >= 15 is 0 Å². The normalized spacial score (nSPS) is 14.4. The van der Waals surface area contributed by atoms with Gasteiger partial charge in [0.1, 0.15) is 5.75 Å². The van der Waals surface area contributed by atoms with E-state index < -0.39 is 15.9 Å². The summed E-state index contributed by atoms with van der Waals surface area (Å²) in [6.45, 7) is 0.980. The highest BCUT2D eigenvalue weighted by Crippen LogP contribution is 2.30. The summed E-state index contributed by atoms with van der Waals surface area (Å²) in [6.07, 6.45) is 1.68. The van der Waals surface area contributed by atoms with Crippen LogP contribution in [0.3, 0.4) is 0 Å². The van der Waals surface area contributed by atoms with Gasteiger partial charge in [-0.25, -0.2) is 8.42 Å². The molecular formula is C21H22N4O4S3. The molecule has 0 radical (unpaired) electrons. The van der Waals surface area contributed by atoms with Crippen LogP contribution in [-0.4, -0.2) is 49.0 Å². The molecule has 2 aromatic carbocycles. The number of carbonyl (C=O) groups excluding carboxylic acids is 1. The van der Waals surface area contributed by atoms with Crippen molar-refractivity contribution in [3.05, 3.63) is 59.7 Å². The first kappa shape index (κ1) is 22.7. The van der Waals surface area contributed by atoms with Crippen LogP contribution in [-0.2, 0) is 15.8 Å². The Morgan fingerprint density at radius 3 is 2.62 bits per heavy atom. The summed E-state index contributed by atoms with van der Waals surface area (Å²) in [4.78, 5) is 13.0. The molecule has 0 unspecified atom stereocenters. The smallest absolute Gasteiger partial charge is 0.261 e. The van der Waals surface area contributed by atoms with Gasteiger partial charge < -0.3 is 4.74 Å². The maximum Gasteiger partial charge on any atom is 0.261 e. The number of ether oxygens (including phenoxy) is 1. The van der Waals surface area contributed by atoms with Gasteiger partial charge in [0.05, 0.1) is 17.6 Å². The van der Waals surface area contributed by atoms with Crippen molar-refractivity contribution in [1.29, 1.82) is 0 Å². The molecule has 0 saturated carbocycles. The van der Waals surface area contributed by atoms with E-state index in [-0.39, 0.29) is 16.2 Å². The van der Waals surface area contributed by atoms with Crippen LogP contribution >= 0.6 is 23.1 Å². The van der Waals surface area contributed by atoms with Crippen LogP contribution in [0.25, 0.3) is 0 Å². The fourth-order valence-corrected chi connectivity index (χ4v) is 6.55. The molecule has 3 aromatic rings. The molecule has 8 nitrogen and oxygen atoms in total. The number of aromatic nitrogens is 2. The number of sulfonamides is 1. The fourth-order valence-electron chi connectivity index (χ4n) is 3.30. The Morgan fingerprint density at radius 1 is 1.16 bits per heavy atom. The van der Waals surface area contributed by atoms with Crippen molar-refractivity contribution in [2.24, 2.45) is 0 Å². The minimum absolute atomic E-state index is 0.0710. The van der Waals surface area contributed by atoms with E-state index in [4.69, 9.17) is 4.74 Å².